The number of sulfonamides is 1. The fourth-order valence-corrected chi connectivity index (χ4v) is 2.97. The predicted molar refractivity (Wildman–Crippen MR) is 90.3 cm³/mol. The molecule has 0 atom stereocenters. The lowest BCUT2D eigenvalue weighted by molar-refractivity contribution is -0.128. The van der Waals surface area contributed by atoms with Gasteiger partial charge in [-0.3, -0.25) is 4.79 Å². The average molecular weight is 356 g/mol. The van der Waals surface area contributed by atoms with Gasteiger partial charge in [0.05, 0.1) is 6.26 Å². The Bertz CT molecular complexity index is 710. The van der Waals surface area contributed by atoms with Crippen LogP contribution in [-0.2, 0) is 21.4 Å². The second-order valence-corrected chi connectivity index (χ2v) is 8.77. The number of benzene rings is 1. The molecule has 0 saturated carbocycles. The lowest BCUT2D eigenvalue weighted by Crippen LogP contribution is -2.41. The molecule has 2 rings (SSSR count). The second kappa shape index (κ2) is 6.98. The van der Waals surface area contributed by atoms with Crippen LogP contribution < -0.4 is 14.8 Å². The van der Waals surface area contributed by atoms with Crippen LogP contribution >= 0.6 is 0 Å². The Morgan fingerprint density at radius 3 is 2.54 bits per heavy atom. The highest BCUT2D eigenvalue weighted by Gasteiger charge is 2.23. The van der Waals surface area contributed by atoms with Gasteiger partial charge in [0.25, 0.3) is 0 Å². The first-order chi connectivity index (χ1) is 11.1. The summed E-state index contributed by atoms with van der Waals surface area (Å²) < 4.78 is 35.9. The summed E-state index contributed by atoms with van der Waals surface area (Å²) in [5.41, 5.74) is 0.291. The third-order valence-corrected chi connectivity index (χ3v) is 4.84. The number of carbonyl (C=O) groups excluding carboxylic acids is 1. The van der Waals surface area contributed by atoms with Gasteiger partial charge in [0.1, 0.15) is 0 Å². The maximum atomic E-state index is 12.0. The molecule has 0 bridgehead atoms. The summed E-state index contributed by atoms with van der Waals surface area (Å²) in [5, 5.41) is 2.76. The van der Waals surface area contributed by atoms with Gasteiger partial charge in [-0.1, -0.05) is 26.8 Å². The molecular formula is C16H24N2O5S. The molecule has 1 aromatic carbocycles. The van der Waals surface area contributed by atoms with Gasteiger partial charge >= 0.3 is 0 Å². The Hall–Kier alpha value is -1.80. The summed E-state index contributed by atoms with van der Waals surface area (Å²) >= 11 is 0. The Morgan fingerprint density at radius 2 is 1.92 bits per heavy atom. The fraction of sp³-hybridized carbons (Fsp3) is 0.562. The fourth-order valence-electron chi connectivity index (χ4n) is 2.16. The van der Waals surface area contributed by atoms with E-state index in [0.717, 1.165) is 11.8 Å². The molecule has 0 aromatic heterocycles. The number of hydrogen-bond acceptors (Lipinski definition) is 5. The van der Waals surface area contributed by atoms with E-state index < -0.39 is 15.4 Å². The molecular weight excluding hydrogens is 332 g/mol. The van der Waals surface area contributed by atoms with Crippen molar-refractivity contribution in [3.05, 3.63) is 23.8 Å². The normalized spacial score (nSPS) is 14.0. The highest BCUT2D eigenvalue weighted by atomic mass is 32.2. The van der Waals surface area contributed by atoms with Gasteiger partial charge < -0.3 is 14.8 Å². The number of hydrogen-bond donors (Lipinski definition) is 1. The van der Waals surface area contributed by atoms with Crippen LogP contribution in [0.15, 0.2) is 18.2 Å². The van der Waals surface area contributed by atoms with Gasteiger partial charge in [0, 0.05) is 25.0 Å². The molecule has 0 radical (unpaired) electrons. The zero-order valence-electron chi connectivity index (χ0n) is 14.5. The minimum absolute atomic E-state index is 0.112. The monoisotopic (exact) mass is 356 g/mol. The number of amides is 1. The van der Waals surface area contributed by atoms with Crippen molar-refractivity contribution in [1.82, 2.24) is 9.62 Å². The molecule has 0 spiro atoms. The van der Waals surface area contributed by atoms with Gasteiger partial charge in [-0.2, -0.15) is 4.31 Å². The molecule has 0 unspecified atom stereocenters. The van der Waals surface area contributed by atoms with Crippen LogP contribution in [0.3, 0.4) is 0 Å². The smallest absolute Gasteiger partial charge is 0.231 e. The van der Waals surface area contributed by atoms with E-state index in [1.807, 2.05) is 20.8 Å². The van der Waals surface area contributed by atoms with Gasteiger partial charge in [0.15, 0.2) is 11.5 Å². The van der Waals surface area contributed by atoms with Crippen LogP contribution in [0.4, 0.5) is 0 Å². The molecule has 134 valence electrons. The van der Waals surface area contributed by atoms with Crippen molar-refractivity contribution in [2.75, 3.05) is 26.1 Å². The Kier molecular flexibility index (Phi) is 5.39. The molecule has 1 aliphatic heterocycles. The summed E-state index contributed by atoms with van der Waals surface area (Å²) in [4.78, 5) is 11.9. The van der Waals surface area contributed by atoms with E-state index in [-0.39, 0.29) is 32.3 Å². The van der Waals surface area contributed by atoms with Crippen molar-refractivity contribution in [2.24, 2.45) is 5.41 Å². The van der Waals surface area contributed by atoms with Crippen molar-refractivity contribution >= 4 is 15.9 Å². The SMILES string of the molecule is CC(C)(C)C(=O)NCCN(Cc1ccc2c(c1)OCO2)S(C)(=O)=O. The molecule has 0 aliphatic carbocycles. The van der Waals surface area contributed by atoms with Crippen LogP contribution in [0, 0.1) is 5.41 Å². The highest BCUT2D eigenvalue weighted by Crippen LogP contribution is 2.32. The molecule has 1 aromatic rings. The van der Waals surface area contributed by atoms with Crippen molar-refractivity contribution in [1.29, 1.82) is 0 Å². The molecule has 8 heteroatoms. The quantitative estimate of drug-likeness (QED) is 0.831. The van der Waals surface area contributed by atoms with Crippen molar-refractivity contribution in [3.63, 3.8) is 0 Å². The summed E-state index contributed by atoms with van der Waals surface area (Å²) in [6.07, 6.45) is 1.16. The van der Waals surface area contributed by atoms with Crippen LogP contribution in [0.2, 0.25) is 0 Å². The molecule has 1 N–H and O–H groups in total. The molecule has 1 aliphatic rings. The van der Waals surface area contributed by atoms with E-state index in [9.17, 15) is 13.2 Å². The largest absolute Gasteiger partial charge is 0.454 e. The van der Waals surface area contributed by atoms with Crippen molar-refractivity contribution in [2.45, 2.75) is 27.3 Å². The van der Waals surface area contributed by atoms with E-state index in [0.29, 0.717) is 11.5 Å². The summed E-state index contributed by atoms with van der Waals surface area (Å²) in [7, 11) is -3.40. The first kappa shape index (κ1) is 18.5. The van der Waals surface area contributed by atoms with E-state index >= 15 is 0 Å². The second-order valence-electron chi connectivity index (χ2n) is 6.79. The first-order valence-electron chi connectivity index (χ1n) is 7.69. The zero-order valence-corrected chi connectivity index (χ0v) is 15.3. The van der Waals surface area contributed by atoms with Gasteiger partial charge in [-0.15, -0.1) is 0 Å². The number of carbonyl (C=O) groups is 1. The van der Waals surface area contributed by atoms with Gasteiger partial charge in [0.2, 0.25) is 22.7 Å². The maximum Gasteiger partial charge on any atom is 0.231 e. The number of nitrogens with zero attached hydrogens (tertiary/aromatic N) is 1. The number of rotatable bonds is 6. The lowest BCUT2D eigenvalue weighted by atomic mass is 9.96. The standard InChI is InChI=1S/C16H24N2O5S/c1-16(2,3)15(19)17-7-8-18(24(4,20)21)10-12-5-6-13-14(9-12)23-11-22-13/h5-6,9H,7-8,10-11H2,1-4H3,(H,17,19). The minimum atomic E-state index is -3.40. The molecule has 7 nitrogen and oxygen atoms in total. The first-order valence-corrected chi connectivity index (χ1v) is 9.54. The zero-order chi connectivity index (χ0) is 18.0. The Labute approximate surface area is 143 Å². The third-order valence-electron chi connectivity index (χ3n) is 3.59. The minimum Gasteiger partial charge on any atom is -0.454 e. The van der Waals surface area contributed by atoms with Gasteiger partial charge in [-0.05, 0) is 17.7 Å². The average Bonchev–Trinajstić information content (AvgIpc) is 2.91. The number of ether oxygens (including phenoxy) is 2. The summed E-state index contributed by atoms with van der Waals surface area (Å²) in [5.74, 6) is 1.16. The molecule has 1 heterocycles. The maximum absolute atomic E-state index is 12.0. The van der Waals surface area contributed by atoms with Crippen molar-refractivity contribution in [3.8, 4) is 11.5 Å². The summed E-state index contributed by atoms with van der Waals surface area (Å²) in [6, 6.07) is 5.34. The number of nitrogens with one attached hydrogen (secondary N) is 1. The third kappa shape index (κ3) is 4.85. The Balaban J connectivity index is 2.00. The molecule has 24 heavy (non-hydrogen) atoms. The van der Waals surface area contributed by atoms with E-state index in [4.69, 9.17) is 9.47 Å². The van der Waals surface area contributed by atoms with E-state index in [1.54, 1.807) is 18.2 Å². The molecule has 0 saturated heterocycles. The highest BCUT2D eigenvalue weighted by molar-refractivity contribution is 7.88. The van der Waals surface area contributed by atoms with Crippen LogP contribution in [0.5, 0.6) is 11.5 Å². The molecule has 1 amide bonds. The number of fused-ring (bicyclic) bond motifs is 1. The topological polar surface area (TPSA) is 84.9 Å². The van der Waals surface area contributed by atoms with Crippen LogP contribution in [-0.4, -0.2) is 44.8 Å². The van der Waals surface area contributed by atoms with Gasteiger partial charge in [-0.25, -0.2) is 8.42 Å². The Morgan fingerprint density at radius 1 is 1.25 bits per heavy atom. The lowest BCUT2D eigenvalue weighted by Gasteiger charge is -2.22. The van der Waals surface area contributed by atoms with Crippen LogP contribution in [0.1, 0.15) is 26.3 Å². The van der Waals surface area contributed by atoms with E-state index in [2.05, 4.69) is 5.32 Å². The summed E-state index contributed by atoms with van der Waals surface area (Å²) in [6.45, 7) is 6.27. The van der Waals surface area contributed by atoms with Crippen molar-refractivity contribution < 1.29 is 22.7 Å². The predicted octanol–water partition coefficient (Wildman–Crippen LogP) is 1.34. The van der Waals surface area contributed by atoms with E-state index in [1.165, 1.54) is 4.31 Å². The van der Waals surface area contributed by atoms with Crippen LogP contribution in [0.25, 0.3) is 0 Å². The molecule has 0 fully saturated rings.